The van der Waals surface area contributed by atoms with Crippen LogP contribution in [0.25, 0.3) is 0 Å². The minimum absolute atomic E-state index is 0.0325. The standard InChI is InChI=1S/C13H11F3N2O3/c14-13(15,16)9-2-1-3-10(6-9)21-7-8-4-5-20-11(8)12(19)18-17/h1-6H,7,17H2,(H,18,19). The molecule has 0 saturated heterocycles. The lowest BCUT2D eigenvalue weighted by molar-refractivity contribution is -0.137. The molecule has 0 aliphatic rings. The van der Waals surface area contributed by atoms with Crippen molar-refractivity contribution < 1.29 is 27.1 Å². The van der Waals surface area contributed by atoms with E-state index in [4.69, 9.17) is 15.0 Å². The zero-order valence-electron chi connectivity index (χ0n) is 10.6. The molecule has 0 unspecified atom stereocenters. The highest BCUT2D eigenvalue weighted by Gasteiger charge is 2.30. The van der Waals surface area contributed by atoms with Crippen LogP contribution in [0.2, 0.25) is 0 Å². The van der Waals surface area contributed by atoms with Crippen LogP contribution in [0.3, 0.4) is 0 Å². The number of hydrazine groups is 1. The monoisotopic (exact) mass is 300 g/mol. The van der Waals surface area contributed by atoms with E-state index in [9.17, 15) is 18.0 Å². The number of rotatable bonds is 4. The summed E-state index contributed by atoms with van der Waals surface area (Å²) >= 11 is 0. The summed E-state index contributed by atoms with van der Waals surface area (Å²) in [5, 5.41) is 0. The van der Waals surface area contributed by atoms with Gasteiger partial charge in [-0.25, -0.2) is 5.84 Å². The van der Waals surface area contributed by atoms with Crippen molar-refractivity contribution in [1.29, 1.82) is 0 Å². The number of nitrogen functional groups attached to an aromatic ring is 1. The van der Waals surface area contributed by atoms with Crippen LogP contribution >= 0.6 is 0 Å². The predicted octanol–water partition coefficient (Wildman–Crippen LogP) is 2.48. The van der Waals surface area contributed by atoms with Gasteiger partial charge < -0.3 is 9.15 Å². The summed E-state index contributed by atoms with van der Waals surface area (Å²) in [6, 6.07) is 5.91. The first-order chi connectivity index (χ1) is 9.91. The number of nitrogens with one attached hydrogen (secondary N) is 1. The average Bonchev–Trinajstić information content (AvgIpc) is 2.92. The number of ether oxygens (including phenoxy) is 1. The van der Waals surface area contributed by atoms with Gasteiger partial charge in [0.15, 0.2) is 5.76 Å². The van der Waals surface area contributed by atoms with Gasteiger partial charge in [0.2, 0.25) is 0 Å². The first kappa shape index (κ1) is 14.9. The van der Waals surface area contributed by atoms with E-state index < -0.39 is 17.6 Å². The molecule has 2 aromatic rings. The van der Waals surface area contributed by atoms with Gasteiger partial charge in [0.1, 0.15) is 12.4 Å². The van der Waals surface area contributed by atoms with Crippen LogP contribution in [0, 0.1) is 0 Å². The quantitative estimate of drug-likeness (QED) is 0.516. The van der Waals surface area contributed by atoms with Gasteiger partial charge in [-0.2, -0.15) is 13.2 Å². The van der Waals surface area contributed by atoms with Crippen LogP contribution in [0.1, 0.15) is 21.7 Å². The molecule has 0 aliphatic carbocycles. The van der Waals surface area contributed by atoms with Gasteiger partial charge in [-0.3, -0.25) is 10.2 Å². The van der Waals surface area contributed by atoms with Crippen molar-refractivity contribution in [2.45, 2.75) is 12.8 Å². The van der Waals surface area contributed by atoms with E-state index in [2.05, 4.69) is 0 Å². The maximum atomic E-state index is 12.6. The molecule has 0 spiro atoms. The smallest absolute Gasteiger partial charge is 0.416 e. The molecule has 1 aromatic carbocycles. The van der Waals surface area contributed by atoms with E-state index in [1.54, 1.807) is 0 Å². The van der Waals surface area contributed by atoms with E-state index in [1.807, 2.05) is 5.43 Å². The number of alkyl halides is 3. The Hall–Kier alpha value is -2.48. The van der Waals surface area contributed by atoms with Gasteiger partial charge >= 0.3 is 12.1 Å². The van der Waals surface area contributed by atoms with E-state index in [0.29, 0.717) is 5.56 Å². The number of benzene rings is 1. The van der Waals surface area contributed by atoms with Crippen molar-refractivity contribution in [1.82, 2.24) is 5.43 Å². The number of amides is 1. The second-order valence-electron chi connectivity index (χ2n) is 4.06. The van der Waals surface area contributed by atoms with E-state index in [0.717, 1.165) is 12.1 Å². The number of carbonyl (C=O) groups excluding carboxylic acids is 1. The van der Waals surface area contributed by atoms with Gasteiger partial charge in [0, 0.05) is 5.56 Å². The van der Waals surface area contributed by atoms with Crippen LogP contribution in [0.15, 0.2) is 41.0 Å². The number of furan rings is 1. The van der Waals surface area contributed by atoms with Gasteiger partial charge in [0.05, 0.1) is 11.8 Å². The molecule has 1 amide bonds. The van der Waals surface area contributed by atoms with Crippen LogP contribution < -0.4 is 16.0 Å². The van der Waals surface area contributed by atoms with Gasteiger partial charge in [-0.05, 0) is 24.3 Å². The average molecular weight is 300 g/mol. The molecule has 8 heteroatoms. The molecule has 0 aliphatic heterocycles. The zero-order valence-corrected chi connectivity index (χ0v) is 10.6. The predicted molar refractivity (Wildman–Crippen MR) is 66.1 cm³/mol. The SMILES string of the molecule is NNC(=O)c1occc1COc1cccc(C(F)(F)F)c1. The van der Waals surface area contributed by atoms with Gasteiger partial charge in [-0.15, -0.1) is 0 Å². The molecule has 112 valence electrons. The number of nitrogens with two attached hydrogens (primary N) is 1. The molecule has 21 heavy (non-hydrogen) atoms. The van der Waals surface area contributed by atoms with Crippen LogP contribution in [-0.4, -0.2) is 5.91 Å². The first-order valence-electron chi connectivity index (χ1n) is 5.79. The Balaban J connectivity index is 2.11. The molecule has 1 aromatic heterocycles. The van der Waals surface area contributed by atoms with Crippen LogP contribution in [0.4, 0.5) is 13.2 Å². The van der Waals surface area contributed by atoms with E-state index in [1.165, 1.54) is 24.5 Å². The maximum Gasteiger partial charge on any atom is 0.416 e. The minimum atomic E-state index is -4.44. The summed E-state index contributed by atoms with van der Waals surface area (Å²) in [4.78, 5) is 11.4. The number of hydrogen-bond acceptors (Lipinski definition) is 4. The normalized spacial score (nSPS) is 11.2. The van der Waals surface area contributed by atoms with Gasteiger partial charge in [0.25, 0.3) is 0 Å². The molecule has 0 atom stereocenters. The van der Waals surface area contributed by atoms with Gasteiger partial charge in [-0.1, -0.05) is 6.07 Å². The van der Waals surface area contributed by atoms with Crippen molar-refractivity contribution >= 4 is 5.91 Å². The largest absolute Gasteiger partial charge is 0.489 e. The van der Waals surface area contributed by atoms with Crippen molar-refractivity contribution in [2.75, 3.05) is 0 Å². The highest BCUT2D eigenvalue weighted by Crippen LogP contribution is 2.31. The lowest BCUT2D eigenvalue weighted by Crippen LogP contribution is -2.30. The Labute approximate surface area is 117 Å². The summed E-state index contributed by atoms with van der Waals surface area (Å²) in [5.74, 6) is 4.31. The highest BCUT2D eigenvalue weighted by atomic mass is 19.4. The highest BCUT2D eigenvalue weighted by molar-refractivity contribution is 5.92. The molecule has 0 fully saturated rings. The number of carbonyl (C=O) groups is 1. The molecule has 0 saturated carbocycles. The maximum absolute atomic E-state index is 12.6. The summed E-state index contributed by atoms with van der Waals surface area (Å²) in [6.45, 7) is -0.124. The Morgan fingerprint density at radius 1 is 1.33 bits per heavy atom. The third kappa shape index (κ3) is 3.54. The zero-order chi connectivity index (χ0) is 15.5. The third-order valence-corrected chi connectivity index (χ3v) is 2.64. The topological polar surface area (TPSA) is 77.5 Å². The summed E-state index contributed by atoms with van der Waals surface area (Å²) in [7, 11) is 0. The Morgan fingerprint density at radius 2 is 2.10 bits per heavy atom. The summed E-state index contributed by atoms with van der Waals surface area (Å²) in [6.07, 6.45) is -3.19. The van der Waals surface area contributed by atoms with Crippen molar-refractivity contribution in [3.8, 4) is 5.75 Å². The fraction of sp³-hybridized carbons (Fsp3) is 0.154. The second-order valence-corrected chi connectivity index (χ2v) is 4.06. The summed E-state index contributed by atoms with van der Waals surface area (Å²) < 4.78 is 47.9. The fourth-order valence-electron chi connectivity index (χ4n) is 1.64. The lowest BCUT2D eigenvalue weighted by Gasteiger charge is -2.10. The fourth-order valence-corrected chi connectivity index (χ4v) is 1.64. The van der Waals surface area contributed by atoms with Crippen LogP contribution in [-0.2, 0) is 12.8 Å². The Kier molecular flexibility index (Phi) is 4.18. The molecule has 2 rings (SSSR count). The van der Waals surface area contributed by atoms with E-state index in [-0.39, 0.29) is 18.1 Å². The number of halogens is 3. The van der Waals surface area contributed by atoms with Crippen molar-refractivity contribution in [3.63, 3.8) is 0 Å². The lowest BCUT2D eigenvalue weighted by atomic mass is 10.2. The summed E-state index contributed by atoms with van der Waals surface area (Å²) in [5.41, 5.74) is 1.46. The second kappa shape index (κ2) is 5.88. The van der Waals surface area contributed by atoms with Crippen molar-refractivity contribution in [2.24, 2.45) is 5.84 Å². The Morgan fingerprint density at radius 3 is 2.76 bits per heavy atom. The van der Waals surface area contributed by atoms with Crippen LogP contribution in [0.5, 0.6) is 5.75 Å². The Bertz CT molecular complexity index is 638. The number of hydrogen-bond donors (Lipinski definition) is 2. The van der Waals surface area contributed by atoms with Crippen molar-refractivity contribution in [3.05, 3.63) is 53.5 Å². The molecule has 0 radical (unpaired) electrons. The first-order valence-corrected chi connectivity index (χ1v) is 5.79. The molecule has 0 bridgehead atoms. The minimum Gasteiger partial charge on any atom is -0.489 e. The van der Waals surface area contributed by atoms with E-state index >= 15 is 0 Å². The molecule has 3 N–H and O–H groups in total. The third-order valence-electron chi connectivity index (χ3n) is 2.64. The molecule has 5 nitrogen and oxygen atoms in total. The molecular formula is C13H11F3N2O3. The molecular weight excluding hydrogens is 289 g/mol. The molecule has 1 heterocycles.